The molecule has 0 saturated carbocycles. The van der Waals surface area contributed by atoms with Crippen LogP contribution in [-0.4, -0.2) is 27.6 Å². The zero-order chi connectivity index (χ0) is 20.5. The highest BCUT2D eigenvalue weighted by molar-refractivity contribution is 6.07. The summed E-state index contributed by atoms with van der Waals surface area (Å²) in [5, 5.41) is 11.5. The van der Waals surface area contributed by atoms with Crippen LogP contribution >= 0.6 is 0 Å². The molecule has 4 aromatic rings. The molecule has 30 heavy (non-hydrogen) atoms. The van der Waals surface area contributed by atoms with Crippen molar-refractivity contribution in [2.75, 3.05) is 11.9 Å². The predicted molar refractivity (Wildman–Crippen MR) is 113 cm³/mol. The summed E-state index contributed by atoms with van der Waals surface area (Å²) in [5.74, 6) is 1.08. The summed E-state index contributed by atoms with van der Waals surface area (Å²) in [5.41, 5.74) is 9.39. The highest BCUT2D eigenvalue weighted by Gasteiger charge is 2.23. The van der Waals surface area contributed by atoms with Crippen LogP contribution in [0.15, 0.2) is 53.1 Å². The third-order valence-corrected chi connectivity index (χ3v) is 5.22. The van der Waals surface area contributed by atoms with E-state index < -0.39 is 5.91 Å². The quantitative estimate of drug-likeness (QED) is 0.471. The zero-order valence-corrected chi connectivity index (χ0v) is 16.2. The molecule has 8 heteroatoms. The van der Waals surface area contributed by atoms with Crippen molar-refractivity contribution in [2.24, 2.45) is 5.73 Å². The molecule has 5 rings (SSSR count). The maximum Gasteiger partial charge on any atom is 0.251 e. The SMILES string of the molecule is NC(=O)c1cccc2c(-c3nc4c(c(NCc5ccccc5)n3)CCNC4)onc12. The lowest BCUT2D eigenvalue weighted by Gasteiger charge is -2.20. The number of primary amides is 1. The van der Waals surface area contributed by atoms with E-state index >= 15 is 0 Å². The summed E-state index contributed by atoms with van der Waals surface area (Å²) in [7, 11) is 0. The zero-order valence-electron chi connectivity index (χ0n) is 16.2. The van der Waals surface area contributed by atoms with Gasteiger partial charge < -0.3 is 20.9 Å². The average Bonchev–Trinajstić information content (AvgIpc) is 3.22. The topological polar surface area (TPSA) is 119 Å². The minimum absolute atomic E-state index is 0.310. The average molecular weight is 400 g/mol. The van der Waals surface area contributed by atoms with Crippen LogP contribution in [0.1, 0.15) is 27.2 Å². The van der Waals surface area contributed by atoms with Gasteiger partial charge in [-0.3, -0.25) is 4.79 Å². The number of aromatic nitrogens is 3. The molecule has 3 heterocycles. The fourth-order valence-corrected chi connectivity index (χ4v) is 3.71. The van der Waals surface area contributed by atoms with Crippen LogP contribution in [0.25, 0.3) is 22.5 Å². The molecule has 1 aliphatic heterocycles. The van der Waals surface area contributed by atoms with Gasteiger partial charge in [0.2, 0.25) is 11.6 Å². The van der Waals surface area contributed by atoms with Gasteiger partial charge >= 0.3 is 0 Å². The van der Waals surface area contributed by atoms with Crippen LogP contribution in [0, 0.1) is 0 Å². The van der Waals surface area contributed by atoms with Gasteiger partial charge in [-0.05, 0) is 30.7 Å². The highest BCUT2D eigenvalue weighted by Crippen LogP contribution is 2.31. The monoisotopic (exact) mass is 400 g/mol. The second-order valence-corrected chi connectivity index (χ2v) is 7.16. The molecule has 0 radical (unpaired) electrons. The van der Waals surface area contributed by atoms with Crippen LogP contribution in [0.5, 0.6) is 0 Å². The van der Waals surface area contributed by atoms with Crippen molar-refractivity contribution < 1.29 is 9.32 Å². The molecule has 1 aliphatic rings. The molecule has 1 amide bonds. The Bertz CT molecular complexity index is 1240. The van der Waals surface area contributed by atoms with Crippen LogP contribution in [0.2, 0.25) is 0 Å². The number of benzene rings is 2. The molecule has 0 atom stereocenters. The van der Waals surface area contributed by atoms with Crippen molar-refractivity contribution in [3.05, 3.63) is 70.9 Å². The van der Waals surface area contributed by atoms with Gasteiger partial charge in [0.25, 0.3) is 5.91 Å². The minimum Gasteiger partial charge on any atom is -0.366 e. The Balaban J connectivity index is 1.58. The normalized spacial score (nSPS) is 13.2. The highest BCUT2D eigenvalue weighted by atomic mass is 16.5. The summed E-state index contributed by atoms with van der Waals surface area (Å²) in [4.78, 5) is 21.2. The third kappa shape index (κ3) is 3.27. The third-order valence-electron chi connectivity index (χ3n) is 5.22. The van der Waals surface area contributed by atoms with E-state index in [0.29, 0.717) is 41.1 Å². The Morgan fingerprint density at radius 1 is 1.13 bits per heavy atom. The van der Waals surface area contributed by atoms with Crippen molar-refractivity contribution in [3.63, 3.8) is 0 Å². The van der Waals surface area contributed by atoms with E-state index in [1.165, 1.54) is 0 Å². The van der Waals surface area contributed by atoms with E-state index in [1.807, 2.05) is 24.3 Å². The van der Waals surface area contributed by atoms with Gasteiger partial charge in [-0.1, -0.05) is 41.6 Å². The molecule has 2 aromatic heterocycles. The van der Waals surface area contributed by atoms with E-state index in [2.05, 4.69) is 27.9 Å². The number of nitrogens with zero attached hydrogens (tertiary/aromatic N) is 3. The fraction of sp³-hybridized carbons (Fsp3) is 0.182. The molecular formula is C22H20N6O2. The van der Waals surface area contributed by atoms with Crippen molar-refractivity contribution >= 4 is 22.6 Å². The van der Waals surface area contributed by atoms with Crippen LogP contribution in [0.3, 0.4) is 0 Å². The Morgan fingerprint density at radius 2 is 2.00 bits per heavy atom. The lowest BCUT2D eigenvalue weighted by Crippen LogP contribution is -2.26. The molecule has 0 fully saturated rings. The van der Waals surface area contributed by atoms with Gasteiger partial charge in [0.15, 0.2) is 0 Å². The number of nitrogens with two attached hydrogens (primary N) is 1. The van der Waals surface area contributed by atoms with E-state index in [-0.39, 0.29) is 0 Å². The van der Waals surface area contributed by atoms with Crippen molar-refractivity contribution in [1.82, 2.24) is 20.4 Å². The first-order chi connectivity index (χ1) is 14.7. The number of hydrogen-bond acceptors (Lipinski definition) is 7. The van der Waals surface area contributed by atoms with Gasteiger partial charge in [-0.25, -0.2) is 9.97 Å². The first-order valence-corrected chi connectivity index (χ1v) is 9.77. The van der Waals surface area contributed by atoms with Gasteiger partial charge in [0, 0.05) is 18.7 Å². The Kier molecular flexibility index (Phi) is 4.61. The summed E-state index contributed by atoms with van der Waals surface area (Å²) < 4.78 is 5.57. The summed E-state index contributed by atoms with van der Waals surface area (Å²) in [6.07, 6.45) is 0.843. The van der Waals surface area contributed by atoms with E-state index in [9.17, 15) is 4.79 Å². The largest absolute Gasteiger partial charge is 0.366 e. The van der Waals surface area contributed by atoms with Crippen molar-refractivity contribution in [2.45, 2.75) is 19.5 Å². The van der Waals surface area contributed by atoms with E-state index in [4.69, 9.17) is 20.2 Å². The van der Waals surface area contributed by atoms with Crippen molar-refractivity contribution in [3.8, 4) is 11.6 Å². The molecular weight excluding hydrogens is 380 g/mol. The van der Waals surface area contributed by atoms with Crippen LogP contribution in [0.4, 0.5) is 5.82 Å². The molecule has 150 valence electrons. The van der Waals surface area contributed by atoms with Gasteiger partial charge in [-0.15, -0.1) is 0 Å². The number of rotatable bonds is 5. The number of anilines is 1. The lowest BCUT2D eigenvalue weighted by molar-refractivity contribution is 0.100. The smallest absolute Gasteiger partial charge is 0.251 e. The fourth-order valence-electron chi connectivity index (χ4n) is 3.71. The first kappa shape index (κ1) is 18.3. The van der Waals surface area contributed by atoms with Gasteiger partial charge in [0.1, 0.15) is 11.3 Å². The Morgan fingerprint density at radius 3 is 2.83 bits per heavy atom. The van der Waals surface area contributed by atoms with Crippen LogP contribution in [-0.2, 0) is 19.5 Å². The number of fused-ring (bicyclic) bond motifs is 2. The second-order valence-electron chi connectivity index (χ2n) is 7.16. The number of amides is 1. The van der Waals surface area contributed by atoms with E-state index in [1.54, 1.807) is 12.1 Å². The molecule has 0 unspecified atom stereocenters. The van der Waals surface area contributed by atoms with Gasteiger partial charge in [-0.2, -0.15) is 0 Å². The summed E-state index contributed by atoms with van der Waals surface area (Å²) in [6, 6.07) is 15.4. The van der Waals surface area contributed by atoms with Crippen molar-refractivity contribution in [1.29, 1.82) is 0 Å². The lowest BCUT2D eigenvalue weighted by atomic mass is 10.1. The predicted octanol–water partition coefficient (Wildman–Crippen LogP) is 2.64. The Labute approximate surface area is 172 Å². The molecule has 0 spiro atoms. The molecule has 8 nitrogen and oxygen atoms in total. The molecule has 4 N–H and O–H groups in total. The molecule has 0 saturated heterocycles. The number of hydrogen-bond donors (Lipinski definition) is 3. The number of carbonyl (C=O) groups excluding carboxylic acids is 1. The first-order valence-electron chi connectivity index (χ1n) is 9.77. The summed E-state index contributed by atoms with van der Waals surface area (Å²) >= 11 is 0. The van der Waals surface area contributed by atoms with Gasteiger partial charge in [0.05, 0.1) is 16.6 Å². The minimum atomic E-state index is -0.554. The van der Waals surface area contributed by atoms with Crippen LogP contribution < -0.4 is 16.4 Å². The number of carbonyl (C=O) groups is 1. The second kappa shape index (κ2) is 7.57. The molecule has 2 aromatic carbocycles. The summed E-state index contributed by atoms with van der Waals surface area (Å²) in [6.45, 7) is 2.19. The maximum atomic E-state index is 11.7. The van der Waals surface area contributed by atoms with E-state index in [0.717, 1.165) is 35.6 Å². The molecule has 0 aliphatic carbocycles. The standard InChI is InChI=1S/C22H20N6O2/c23-20(29)16-8-4-7-15-18(16)28-30-19(15)22-26-17-12-24-10-9-14(17)21(27-22)25-11-13-5-2-1-3-6-13/h1-8,24H,9-12H2,(H2,23,29)(H,25,26,27). The molecule has 0 bridgehead atoms. The Hall–Kier alpha value is -3.78. The number of nitrogens with one attached hydrogen (secondary N) is 2. The maximum absolute atomic E-state index is 11.7.